The number of benzene rings is 1. The summed E-state index contributed by atoms with van der Waals surface area (Å²) < 4.78 is 0. The van der Waals surface area contributed by atoms with Crippen LogP contribution in [0.5, 0.6) is 0 Å². The van der Waals surface area contributed by atoms with Crippen molar-refractivity contribution in [3.8, 4) is 0 Å². The first-order valence-corrected chi connectivity index (χ1v) is 3.71. The van der Waals surface area contributed by atoms with Crippen LogP contribution in [0.3, 0.4) is 0 Å². The highest BCUT2D eigenvalue weighted by atomic mass is 16.3. The number of fused-ring (bicyclic) bond motifs is 2. The highest BCUT2D eigenvalue weighted by Gasteiger charge is 2.14. The molecule has 60 valence electrons. The topological polar surface area (TPSA) is 46.2 Å². The summed E-state index contributed by atoms with van der Waals surface area (Å²) >= 11 is 0. The monoisotopic (exact) mass is 151 g/mol. The van der Waals surface area contributed by atoms with Crippen LogP contribution in [0.1, 0.15) is 17.2 Å². The predicted octanol–water partition coefficient (Wildman–Crippen LogP) is 0.851. The lowest BCUT2D eigenvalue weighted by Crippen LogP contribution is -1.90. The molecule has 0 radical (unpaired) electrons. The van der Waals surface area contributed by atoms with E-state index in [1.54, 1.807) is 0 Å². The average molecular weight is 151 g/mol. The van der Waals surface area contributed by atoms with Crippen molar-refractivity contribution in [1.82, 2.24) is 0 Å². The van der Waals surface area contributed by atoms with Crippen molar-refractivity contribution in [2.75, 3.05) is 7.05 Å². The van der Waals surface area contributed by atoms with E-state index < -0.39 is 0 Å². The van der Waals surface area contributed by atoms with E-state index in [2.05, 4.69) is 5.73 Å². The molecule has 1 aromatic rings. The van der Waals surface area contributed by atoms with Gasteiger partial charge in [0, 0.05) is 6.42 Å². The Balaban J connectivity index is 0.000000281. The molecule has 0 saturated heterocycles. The second-order valence-corrected chi connectivity index (χ2v) is 2.46. The number of hydrogen-bond acceptors (Lipinski definition) is 2. The van der Waals surface area contributed by atoms with Crippen LogP contribution in [0, 0.1) is 0 Å². The Morgan fingerprint density at radius 1 is 1.45 bits per heavy atom. The molecule has 0 aromatic heterocycles. The molecule has 1 aromatic carbocycles. The van der Waals surface area contributed by atoms with Gasteiger partial charge in [-0.1, -0.05) is 24.3 Å². The van der Waals surface area contributed by atoms with Crippen LogP contribution in [0.15, 0.2) is 24.3 Å². The molecule has 1 unspecified atom stereocenters. The van der Waals surface area contributed by atoms with Gasteiger partial charge in [-0.2, -0.15) is 0 Å². The second-order valence-electron chi connectivity index (χ2n) is 2.46. The summed E-state index contributed by atoms with van der Waals surface area (Å²) in [5.74, 6) is 0. The summed E-state index contributed by atoms with van der Waals surface area (Å²) in [6, 6.07) is 8.03. The standard InChI is InChI=1S/C8H8O.CH5N/c9-8-5-6-2-1-3-7(8)4-6;1-2/h1-4,8-9H,5H2;2H2,1H3. The van der Waals surface area contributed by atoms with Gasteiger partial charge in [-0.05, 0) is 18.2 Å². The lowest BCUT2D eigenvalue weighted by Gasteiger charge is -1.96. The molecule has 0 aliphatic heterocycles. The fourth-order valence-corrected chi connectivity index (χ4v) is 1.27. The van der Waals surface area contributed by atoms with E-state index in [0.717, 1.165) is 12.0 Å². The molecule has 3 N–H and O–H groups in total. The van der Waals surface area contributed by atoms with Gasteiger partial charge in [0.05, 0.1) is 6.10 Å². The van der Waals surface area contributed by atoms with Gasteiger partial charge >= 0.3 is 0 Å². The molecule has 0 amide bonds. The fraction of sp³-hybridized carbons (Fsp3) is 0.333. The van der Waals surface area contributed by atoms with Gasteiger partial charge < -0.3 is 10.8 Å². The molecular weight excluding hydrogens is 138 g/mol. The van der Waals surface area contributed by atoms with E-state index >= 15 is 0 Å². The summed E-state index contributed by atoms with van der Waals surface area (Å²) in [4.78, 5) is 0. The number of nitrogens with two attached hydrogens (primary N) is 1. The number of rotatable bonds is 0. The van der Waals surface area contributed by atoms with Gasteiger partial charge in [0.2, 0.25) is 0 Å². The minimum absolute atomic E-state index is 0.227. The first-order chi connectivity index (χ1) is 5.36. The van der Waals surface area contributed by atoms with Crippen molar-refractivity contribution < 1.29 is 5.11 Å². The van der Waals surface area contributed by atoms with Gasteiger partial charge in [-0.15, -0.1) is 0 Å². The van der Waals surface area contributed by atoms with Crippen LogP contribution in [-0.2, 0) is 6.42 Å². The molecular formula is C9H13NO. The minimum Gasteiger partial charge on any atom is -0.388 e. The Hall–Kier alpha value is -0.860. The molecule has 1 aliphatic rings. The first kappa shape index (κ1) is 8.24. The lowest BCUT2D eigenvalue weighted by molar-refractivity contribution is 0.185. The highest BCUT2D eigenvalue weighted by Crippen LogP contribution is 2.25. The van der Waals surface area contributed by atoms with Crippen LogP contribution in [0.4, 0.5) is 0 Å². The van der Waals surface area contributed by atoms with Crippen molar-refractivity contribution >= 4 is 0 Å². The molecule has 2 bridgehead atoms. The Kier molecular flexibility index (Phi) is 2.63. The zero-order valence-electron chi connectivity index (χ0n) is 6.62. The van der Waals surface area contributed by atoms with Crippen LogP contribution in [-0.4, -0.2) is 12.2 Å². The highest BCUT2D eigenvalue weighted by molar-refractivity contribution is 5.32. The second kappa shape index (κ2) is 3.51. The summed E-state index contributed by atoms with van der Waals surface area (Å²) in [5.41, 5.74) is 6.81. The normalized spacial score (nSPS) is 19.0. The molecule has 0 saturated carbocycles. The number of aliphatic hydroxyl groups excluding tert-OH is 1. The van der Waals surface area contributed by atoms with E-state index in [0.29, 0.717) is 0 Å². The van der Waals surface area contributed by atoms with Gasteiger partial charge in [0.25, 0.3) is 0 Å². The minimum atomic E-state index is -0.227. The Bertz CT molecular complexity index is 235. The van der Waals surface area contributed by atoms with E-state index in [9.17, 15) is 5.11 Å². The third kappa shape index (κ3) is 1.59. The Morgan fingerprint density at radius 2 is 2.18 bits per heavy atom. The molecule has 1 aliphatic carbocycles. The molecule has 1 atom stereocenters. The summed E-state index contributed by atoms with van der Waals surface area (Å²) in [5, 5.41) is 9.24. The SMILES string of the molecule is CN.OC1Cc2cccc1c2. The Morgan fingerprint density at radius 3 is 2.73 bits per heavy atom. The number of hydrogen-bond donors (Lipinski definition) is 2. The van der Waals surface area contributed by atoms with Gasteiger partial charge in [0.1, 0.15) is 0 Å². The van der Waals surface area contributed by atoms with Crippen LogP contribution < -0.4 is 5.73 Å². The fourth-order valence-electron chi connectivity index (χ4n) is 1.27. The maximum absolute atomic E-state index is 9.24. The largest absolute Gasteiger partial charge is 0.388 e. The third-order valence-electron chi connectivity index (χ3n) is 1.76. The molecule has 0 fully saturated rings. The van der Waals surface area contributed by atoms with Crippen LogP contribution >= 0.6 is 0 Å². The average Bonchev–Trinajstić information content (AvgIpc) is 2.31. The number of aliphatic hydroxyl groups is 1. The predicted molar refractivity (Wildman–Crippen MR) is 45.2 cm³/mol. The summed E-state index contributed by atoms with van der Waals surface area (Å²) in [6.07, 6.45) is 0.581. The molecule has 0 spiro atoms. The van der Waals surface area contributed by atoms with Crippen molar-refractivity contribution in [3.05, 3.63) is 35.4 Å². The summed E-state index contributed by atoms with van der Waals surface area (Å²) in [6.45, 7) is 0. The summed E-state index contributed by atoms with van der Waals surface area (Å²) in [7, 11) is 1.50. The van der Waals surface area contributed by atoms with Gasteiger partial charge in [-0.3, -0.25) is 0 Å². The molecule has 0 heterocycles. The van der Waals surface area contributed by atoms with Crippen LogP contribution in [0.25, 0.3) is 0 Å². The van der Waals surface area contributed by atoms with Crippen molar-refractivity contribution in [2.45, 2.75) is 12.5 Å². The first-order valence-electron chi connectivity index (χ1n) is 3.71. The van der Waals surface area contributed by atoms with Gasteiger partial charge in [0.15, 0.2) is 0 Å². The maximum atomic E-state index is 9.24. The van der Waals surface area contributed by atoms with E-state index in [1.165, 1.54) is 12.6 Å². The molecule has 2 heteroatoms. The lowest BCUT2D eigenvalue weighted by atomic mass is 10.2. The van der Waals surface area contributed by atoms with E-state index in [1.807, 2.05) is 24.3 Å². The molecule has 2 rings (SSSR count). The zero-order valence-corrected chi connectivity index (χ0v) is 6.62. The van der Waals surface area contributed by atoms with E-state index in [-0.39, 0.29) is 6.10 Å². The van der Waals surface area contributed by atoms with Crippen LogP contribution in [0.2, 0.25) is 0 Å². The third-order valence-corrected chi connectivity index (χ3v) is 1.76. The van der Waals surface area contributed by atoms with E-state index in [4.69, 9.17) is 0 Å². The van der Waals surface area contributed by atoms with Gasteiger partial charge in [-0.25, -0.2) is 0 Å². The molecule has 2 nitrogen and oxygen atoms in total. The van der Waals surface area contributed by atoms with Crippen molar-refractivity contribution in [3.63, 3.8) is 0 Å². The molecule has 11 heavy (non-hydrogen) atoms. The smallest absolute Gasteiger partial charge is 0.0830 e. The van der Waals surface area contributed by atoms with Crippen molar-refractivity contribution in [2.24, 2.45) is 5.73 Å². The Labute approximate surface area is 66.7 Å². The van der Waals surface area contributed by atoms with Crippen molar-refractivity contribution in [1.29, 1.82) is 0 Å². The quantitative estimate of drug-likeness (QED) is 0.577. The maximum Gasteiger partial charge on any atom is 0.0830 e. The zero-order chi connectivity index (χ0) is 8.27.